The molecule has 0 spiro atoms. The third-order valence-electron chi connectivity index (χ3n) is 3.12. The van der Waals surface area contributed by atoms with E-state index in [2.05, 4.69) is 44.6 Å². The molecule has 0 fully saturated rings. The lowest BCUT2D eigenvalue weighted by molar-refractivity contribution is 0.389. The molecule has 1 heterocycles. The molecule has 0 aliphatic carbocycles. The first-order chi connectivity index (χ1) is 6.83. The van der Waals surface area contributed by atoms with Crippen molar-refractivity contribution in [1.82, 2.24) is 9.97 Å². The molecule has 0 unspecified atom stereocenters. The number of hydrogen-bond donors (Lipinski definition) is 2. The molecular formula is C12H23N3. The predicted molar refractivity (Wildman–Crippen MR) is 63.7 cm³/mol. The second-order valence-corrected chi connectivity index (χ2v) is 5.26. The molecule has 3 nitrogen and oxygen atoms in total. The van der Waals surface area contributed by atoms with Gasteiger partial charge in [-0.3, -0.25) is 0 Å². The maximum absolute atomic E-state index is 6.28. The molecule has 0 bridgehead atoms. The second-order valence-electron chi connectivity index (χ2n) is 5.26. The zero-order chi connectivity index (χ0) is 11.7. The predicted octanol–water partition coefficient (Wildman–Crippen LogP) is 2.68. The van der Waals surface area contributed by atoms with Gasteiger partial charge in [-0.05, 0) is 12.8 Å². The normalized spacial score (nSPS) is 13.2. The second kappa shape index (κ2) is 3.97. The quantitative estimate of drug-likeness (QED) is 0.804. The van der Waals surface area contributed by atoms with Crippen LogP contribution < -0.4 is 5.73 Å². The molecule has 0 atom stereocenters. The van der Waals surface area contributed by atoms with E-state index in [4.69, 9.17) is 5.73 Å². The highest BCUT2D eigenvalue weighted by molar-refractivity contribution is 5.15. The van der Waals surface area contributed by atoms with Crippen LogP contribution in [0.15, 0.2) is 6.20 Å². The molecule has 0 radical (unpaired) electrons. The van der Waals surface area contributed by atoms with Gasteiger partial charge >= 0.3 is 0 Å². The summed E-state index contributed by atoms with van der Waals surface area (Å²) < 4.78 is 0. The number of nitrogens with zero attached hydrogens (tertiary/aromatic N) is 1. The smallest absolute Gasteiger partial charge is 0.126 e. The molecule has 0 saturated carbocycles. The molecule has 0 amide bonds. The Hall–Kier alpha value is -0.830. The van der Waals surface area contributed by atoms with Gasteiger partial charge in [-0.1, -0.05) is 34.6 Å². The highest BCUT2D eigenvalue weighted by Crippen LogP contribution is 2.26. The minimum absolute atomic E-state index is 0.105. The minimum atomic E-state index is -0.302. The van der Waals surface area contributed by atoms with Crippen molar-refractivity contribution in [1.29, 1.82) is 0 Å². The lowest BCUT2D eigenvalue weighted by atomic mass is 9.92. The summed E-state index contributed by atoms with van der Waals surface area (Å²) in [4.78, 5) is 7.78. The van der Waals surface area contributed by atoms with E-state index in [1.54, 1.807) is 0 Å². The van der Waals surface area contributed by atoms with Crippen molar-refractivity contribution < 1.29 is 0 Å². The Balaban J connectivity index is 3.03. The van der Waals surface area contributed by atoms with E-state index in [1.807, 2.05) is 6.20 Å². The van der Waals surface area contributed by atoms with E-state index in [0.29, 0.717) is 0 Å². The van der Waals surface area contributed by atoms with Gasteiger partial charge in [0.05, 0.1) is 5.54 Å². The fourth-order valence-electron chi connectivity index (χ4n) is 1.54. The van der Waals surface area contributed by atoms with Gasteiger partial charge in [0, 0.05) is 17.3 Å². The Labute approximate surface area is 92.5 Å². The van der Waals surface area contributed by atoms with Crippen molar-refractivity contribution in [2.75, 3.05) is 0 Å². The number of aromatic amines is 1. The van der Waals surface area contributed by atoms with Crippen LogP contribution in [0.5, 0.6) is 0 Å². The molecule has 1 aromatic rings. The maximum atomic E-state index is 6.28. The van der Waals surface area contributed by atoms with Gasteiger partial charge in [0.25, 0.3) is 0 Å². The fraction of sp³-hybridized carbons (Fsp3) is 0.750. The first-order valence-electron chi connectivity index (χ1n) is 5.68. The molecule has 0 aliphatic rings. The van der Waals surface area contributed by atoms with Gasteiger partial charge < -0.3 is 10.7 Å². The SMILES string of the molecule is CCC(N)(CC)c1ncc(C(C)(C)C)[nH]1. The zero-order valence-corrected chi connectivity index (χ0v) is 10.5. The van der Waals surface area contributed by atoms with Crippen molar-refractivity contribution >= 4 is 0 Å². The number of imidazole rings is 1. The van der Waals surface area contributed by atoms with Crippen LogP contribution >= 0.6 is 0 Å². The number of hydrogen-bond acceptors (Lipinski definition) is 2. The van der Waals surface area contributed by atoms with E-state index in [0.717, 1.165) is 24.4 Å². The maximum Gasteiger partial charge on any atom is 0.126 e. The summed E-state index contributed by atoms with van der Waals surface area (Å²) in [6, 6.07) is 0. The molecule has 0 aromatic carbocycles. The Morgan fingerprint density at radius 1 is 1.27 bits per heavy atom. The number of aromatic nitrogens is 2. The standard InChI is InChI=1S/C12H23N3/c1-6-12(13,7-2)10-14-8-9(15-10)11(3,4)5/h8H,6-7,13H2,1-5H3,(H,14,15). The van der Waals surface area contributed by atoms with Crippen molar-refractivity contribution in [3.8, 4) is 0 Å². The Kier molecular flexibility index (Phi) is 3.24. The van der Waals surface area contributed by atoms with E-state index in [9.17, 15) is 0 Å². The number of H-pyrrole nitrogens is 1. The van der Waals surface area contributed by atoms with E-state index >= 15 is 0 Å². The summed E-state index contributed by atoms with van der Waals surface area (Å²) in [5.74, 6) is 0.914. The Morgan fingerprint density at radius 2 is 1.80 bits per heavy atom. The van der Waals surface area contributed by atoms with Crippen LogP contribution in [0.4, 0.5) is 0 Å². The first kappa shape index (κ1) is 12.2. The lowest BCUT2D eigenvalue weighted by Crippen LogP contribution is -2.36. The number of nitrogens with two attached hydrogens (primary N) is 1. The van der Waals surface area contributed by atoms with Crippen LogP contribution in [0.3, 0.4) is 0 Å². The van der Waals surface area contributed by atoms with Crippen molar-refractivity contribution in [2.24, 2.45) is 5.73 Å². The van der Waals surface area contributed by atoms with Crippen molar-refractivity contribution in [3.05, 3.63) is 17.7 Å². The first-order valence-corrected chi connectivity index (χ1v) is 5.68. The summed E-state index contributed by atoms with van der Waals surface area (Å²) in [5, 5.41) is 0. The largest absolute Gasteiger partial charge is 0.344 e. The molecule has 86 valence electrons. The van der Waals surface area contributed by atoms with Crippen LogP contribution in [0.1, 0.15) is 59.0 Å². The van der Waals surface area contributed by atoms with Crippen LogP contribution in [-0.2, 0) is 11.0 Å². The van der Waals surface area contributed by atoms with Crippen molar-refractivity contribution in [3.63, 3.8) is 0 Å². The number of rotatable bonds is 3. The zero-order valence-electron chi connectivity index (χ0n) is 10.5. The molecule has 3 N–H and O–H groups in total. The van der Waals surface area contributed by atoms with Crippen LogP contribution in [0.25, 0.3) is 0 Å². The van der Waals surface area contributed by atoms with Gasteiger partial charge in [0.2, 0.25) is 0 Å². The van der Waals surface area contributed by atoms with E-state index in [1.165, 1.54) is 0 Å². The Morgan fingerprint density at radius 3 is 2.13 bits per heavy atom. The third kappa shape index (κ3) is 2.40. The van der Waals surface area contributed by atoms with Gasteiger partial charge in [-0.15, -0.1) is 0 Å². The molecule has 0 saturated heterocycles. The molecule has 15 heavy (non-hydrogen) atoms. The van der Waals surface area contributed by atoms with Crippen LogP contribution in [-0.4, -0.2) is 9.97 Å². The summed E-state index contributed by atoms with van der Waals surface area (Å²) in [6.07, 6.45) is 3.71. The summed E-state index contributed by atoms with van der Waals surface area (Å²) in [5.41, 5.74) is 7.23. The third-order valence-corrected chi connectivity index (χ3v) is 3.12. The van der Waals surface area contributed by atoms with Crippen LogP contribution in [0, 0.1) is 0 Å². The number of nitrogens with one attached hydrogen (secondary N) is 1. The van der Waals surface area contributed by atoms with Crippen molar-refractivity contribution in [2.45, 2.75) is 58.4 Å². The molecular weight excluding hydrogens is 186 g/mol. The van der Waals surface area contributed by atoms with E-state index in [-0.39, 0.29) is 11.0 Å². The topological polar surface area (TPSA) is 54.7 Å². The summed E-state index contributed by atoms with van der Waals surface area (Å²) in [6.45, 7) is 10.7. The van der Waals surface area contributed by atoms with E-state index < -0.39 is 0 Å². The lowest BCUT2D eigenvalue weighted by Gasteiger charge is -2.24. The summed E-state index contributed by atoms with van der Waals surface area (Å²) in [7, 11) is 0. The average molecular weight is 209 g/mol. The molecule has 0 aliphatic heterocycles. The Bertz CT molecular complexity index is 316. The molecule has 1 rings (SSSR count). The fourth-order valence-corrected chi connectivity index (χ4v) is 1.54. The van der Waals surface area contributed by atoms with Gasteiger partial charge in [-0.2, -0.15) is 0 Å². The van der Waals surface area contributed by atoms with Gasteiger partial charge in [-0.25, -0.2) is 4.98 Å². The highest BCUT2D eigenvalue weighted by atomic mass is 15.0. The van der Waals surface area contributed by atoms with Gasteiger partial charge in [0.15, 0.2) is 0 Å². The molecule has 3 heteroatoms. The van der Waals surface area contributed by atoms with Gasteiger partial charge in [0.1, 0.15) is 5.82 Å². The highest BCUT2D eigenvalue weighted by Gasteiger charge is 2.28. The molecule has 1 aromatic heterocycles. The summed E-state index contributed by atoms with van der Waals surface area (Å²) >= 11 is 0. The van der Waals surface area contributed by atoms with Crippen LogP contribution in [0.2, 0.25) is 0 Å². The average Bonchev–Trinajstić information content (AvgIpc) is 2.65. The minimum Gasteiger partial charge on any atom is -0.344 e. The monoisotopic (exact) mass is 209 g/mol.